The molecular weight excluding hydrogens is 446 g/mol. The summed E-state index contributed by atoms with van der Waals surface area (Å²) in [7, 11) is 0. The molecule has 0 fully saturated rings. The lowest BCUT2D eigenvalue weighted by atomic mass is 9.94. The number of nitrogens with zero attached hydrogens (tertiary/aromatic N) is 1. The molecule has 0 saturated heterocycles. The van der Waals surface area contributed by atoms with Crippen molar-refractivity contribution in [3.8, 4) is 0 Å². The number of ether oxygens (including phenoxy) is 1. The average molecular weight is 492 g/mol. The van der Waals surface area contributed by atoms with E-state index in [1.807, 2.05) is 45.9 Å². The first-order valence-corrected chi connectivity index (χ1v) is 12.6. The van der Waals surface area contributed by atoms with Gasteiger partial charge in [-0.05, 0) is 71.6 Å². The van der Waals surface area contributed by atoms with Gasteiger partial charge in [0.15, 0.2) is 0 Å². The van der Waals surface area contributed by atoms with Crippen LogP contribution < -0.4 is 10.6 Å². The van der Waals surface area contributed by atoms with Crippen LogP contribution >= 0.6 is 0 Å². The number of carbonyl (C=O) groups excluding carboxylic acids is 3. The molecule has 0 saturated carbocycles. The van der Waals surface area contributed by atoms with Crippen LogP contribution in [-0.2, 0) is 14.3 Å². The summed E-state index contributed by atoms with van der Waals surface area (Å²) < 4.78 is 5.28. The van der Waals surface area contributed by atoms with Crippen molar-refractivity contribution in [3.63, 3.8) is 0 Å². The maximum absolute atomic E-state index is 13.8. The molecule has 1 rings (SSSR count). The Kier molecular flexibility index (Phi) is 12.2. The number of alkyl carbamates (subject to hydrolysis) is 1. The van der Waals surface area contributed by atoms with Gasteiger partial charge in [0, 0.05) is 12.6 Å². The lowest BCUT2D eigenvalue weighted by molar-refractivity contribution is -0.143. The van der Waals surface area contributed by atoms with E-state index in [9.17, 15) is 19.5 Å². The van der Waals surface area contributed by atoms with Crippen LogP contribution in [0.2, 0.25) is 0 Å². The second-order valence-electron chi connectivity index (χ2n) is 10.3. The van der Waals surface area contributed by atoms with Gasteiger partial charge in [-0.2, -0.15) is 0 Å². The molecule has 0 aromatic heterocycles. The van der Waals surface area contributed by atoms with Gasteiger partial charge in [-0.3, -0.25) is 9.59 Å². The van der Waals surface area contributed by atoms with Crippen LogP contribution in [-0.4, -0.2) is 58.8 Å². The first-order valence-electron chi connectivity index (χ1n) is 12.6. The minimum atomic E-state index is -1.24. The van der Waals surface area contributed by atoms with E-state index in [1.54, 1.807) is 20.8 Å². The average Bonchev–Trinajstić information content (AvgIpc) is 2.74. The van der Waals surface area contributed by atoms with E-state index in [2.05, 4.69) is 17.6 Å². The molecule has 3 N–H and O–H groups in total. The molecule has 2 atom stereocenters. The Hall–Kier alpha value is -2.61. The van der Waals surface area contributed by atoms with Crippen LogP contribution in [0, 0.1) is 13.8 Å². The molecule has 0 aliphatic heterocycles. The van der Waals surface area contributed by atoms with Crippen LogP contribution in [0.1, 0.15) is 90.0 Å². The smallest absolute Gasteiger partial charge is 0.408 e. The lowest BCUT2D eigenvalue weighted by Gasteiger charge is -2.35. The van der Waals surface area contributed by atoms with E-state index in [1.165, 1.54) is 4.90 Å². The van der Waals surface area contributed by atoms with Gasteiger partial charge >= 0.3 is 6.09 Å². The summed E-state index contributed by atoms with van der Waals surface area (Å²) in [6, 6.07) is 3.42. The van der Waals surface area contributed by atoms with E-state index in [-0.39, 0.29) is 11.9 Å². The zero-order valence-corrected chi connectivity index (χ0v) is 22.7. The molecule has 0 aliphatic carbocycles. The summed E-state index contributed by atoms with van der Waals surface area (Å²) in [4.78, 5) is 41.1. The SMILES string of the molecule is CCCCCCN(C(=O)C(CO)NC(=O)OC(C)(C)C)C(C(=O)NC(C)C)c1cccc(C)c1C. The van der Waals surface area contributed by atoms with Crippen molar-refractivity contribution < 1.29 is 24.2 Å². The van der Waals surface area contributed by atoms with Gasteiger partial charge in [0.05, 0.1) is 6.61 Å². The summed E-state index contributed by atoms with van der Waals surface area (Å²) in [6.07, 6.45) is 2.83. The van der Waals surface area contributed by atoms with Crippen LogP contribution in [0.3, 0.4) is 0 Å². The Morgan fingerprint density at radius 1 is 1.06 bits per heavy atom. The molecule has 3 amide bonds. The molecule has 0 heterocycles. The molecule has 8 heteroatoms. The maximum atomic E-state index is 13.8. The Bertz CT molecular complexity index is 848. The summed E-state index contributed by atoms with van der Waals surface area (Å²) in [5, 5.41) is 15.4. The number of carbonyl (C=O) groups is 3. The molecule has 198 valence electrons. The van der Waals surface area contributed by atoms with E-state index in [0.29, 0.717) is 13.0 Å². The number of hydrogen-bond acceptors (Lipinski definition) is 5. The number of aliphatic hydroxyl groups is 1. The highest BCUT2D eigenvalue weighted by Crippen LogP contribution is 2.28. The fraction of sp³-hybridized carbons (Fsp3) is 0.667. The van der Waals surface area contributed by atoms with Crippen molar-refractivity contribution in [1.29, 1.82) is 0 Å². The van der Waals surface area contributed by atoms with Crippen molar-refractivity contribution in [3.05, 3.63) is 34.9 Å². The van der Waals surface area contributed by atoms with E-state index >= 15 is 0 Å². The molecule has 0 radical (unpaired) electrons. The number of amides is 3. The summed E-state index contributed by atoms with van der Waals surface area (Å²) in [5.74, 6) is -0.828. The number of aliphatic hydroxyl groups excluding tert-OH is 1. The highest BCUT2D eigenvalue weighted by molar-refractivity contribution is 5.92. The van der Waals surface area contributed by atoms with Gasteiger partial charge in [0.2, 0.25) is 11.8 Å². The molecule has 1 aromatic rings. The first kappa shape index (κ1) is 30.4. The fourth-order valence-corrected chi connectivity index (χ4v) is 3.80. The minimum Gasteiger partial charge on any atom is -0.444 e. The van der Waals surface area contributed by atoms with Crippen LogP contribution in [0.15, 0.2) is 18.2 Å². The monoisotopic (exact) mass is 491 g/mol. The quantitative estimate of drug-likeness (QED) is 0.381. The maximum Gasteiger partial charge on any atom is 0.408 e. The molecular formula is C27H45N3O5. The zero-order chi connectivity index (χ0) is 26.8. The third-order valence-electron chi connectivity index (χ3n) is 5.64. The number of benzene rings is 1. The molecule has 0 spiro atoms. The summed E-state index contributed by atoms with van der Waals surface area (Å²) in [6.45, 7) is 14.6. The Balaban J connectivity index is 3.45. The highest BCUT2D eigenvalue weighted by atomic mass is 16.6. The van der Waals surface area contributed by atoms with Crippen LogP contribution in [0.5, 0.6) is 0 Å². The minimum absolute atomic E-state index is 0.124. The van der Waals surface area contributed by atoms with Crippen LogP contribution in [0.25, 0.3) is 0 Å². The number of rotatable bonds is 12. The Morgan fingerprint density at radius 2 is 1.71 bits per heavy atom. The van der Waals surface area contributed by atoms with Crippen molar-refractivity contribution >= 4 is 17.9 Å². The van der Waals surface area contributed by atoms with Crippen molar-refractivity contribution in [2.24, 2.45) is 0 Å². The third kappa shape index (κ3) is 9.88. The predicted molar refractivity (Wildman–Crippen MR) is 138 cm³/mol. The molecule has 0 aliphatic rings. The van der Waals surface area contributed by atoms with Crippen molar-refractivity contribution in [2.45, 2.75) is 105 Å². The number of hydrogen-bond donors (Lipinski definition) is 3. The molecule has 0 bridgehead atoms. The molecule has 8 nitrogen and oxygen atoms in total. The van der Waals surface area contributed by atoms with Gasteiger partial charge in [0.25, 0.3) is 0 Å². The second kappa shape index (κ2) is 14.1. The number of unbranched alkanes of at least 4 members (excludes halogenated alkanes) is 3. The predicted octanol–water partition coefficient (Wildman–Crippen LogP) is 4.16. The van der Waals surface area contributed by atoms with E-state index in [4.69, 9.17) is 4.74 Å². The Labute approximate surface area is 210 Å². The summed E-state index contributed by atoms with van der Waals surface area (Å²) >= 11 is 0. The highest BCUT2D eigenvalue weighted by Gasteiger charge is 2.36. The van der Waals surface area contributed by atoms with Crippen LogP contribution in [0.4, 0.5) is 4.79 Å². The van der Waals surface area contributed by atoms with Gasteiger partial charge < -0.3 is 25.4 Å². The fourth-order valence-electron chi connectivity index (χ4n) is 3.80. The van der Waals surface area contributed by atoms with E-state index in [0.717, 1.165) is 36.0 Å². The topological polar surface area (TPSA) is 108 Å². The van der Waals surface area contributed by atoms with Gasteiger partial charge in [0.1, 0.15) is 17.7 Å². The van der Waals surface area contributed by atoms with Gasteiger partial charge in [-0.25, -0.2) is 4.79 Å². The van der Waals surface area contributed by atoms with E-state index < -0.39 is 36.3 Å². The second-order valence-corrected chi connectivity index (χ2v) is 10.3. The normalized spacial score (nSPS) is 13.2. The number of nitrogens with one attached hydrogen (secondary N) is 2. The summed E-state index contributed by atoms with van der Waals surface area (Å²) in [5.41, 5.74) is 1.89. The van der Waals surface area contributed by atoms with Gasteiger partial charge in [-0.15, -0.1) is 0 Å². The zero-order valence-electron chi connectivity index (χ0n) is 22.7. The standard InChI is InChI=1S/C27H45N3O5/c1-9-10-11-12-16-30(25(33)22(17-31)29-26(34)35-27(6,7)8)23(24(32)28-18(2)3)21-15-13-14-19(4)20(21)5/h13-15,18,22-23,31H,9-12,16-17H2,1-8H3,(H,28,32)(H,29,34). The Morgan fingerprint density at radius 3 is 2.26 bits per heavy atom. The number of aryl methyl sites for hydroxylation is 1. The third-order valence-corrected chi connectivity index (χ3v) is 5.64. The largest absolute Gasteiger partial charge is 0.444 e. The van der Waals surface area contributed by atoms with Gasteiger partial charge in [-0.1, -0.05) is 44.4 Å². The first-order chi connectivity index (χ1) is 16.3. The molecule has 35 heavy (non-hydrogen) atoms. The molecule has 2 unspecified atom stereocenters. The van der Waals surface area contributed by atoms with Crippen molar-refractivity contribution in [1.82, 2.24) is 15.5 Å². The molecule has 1 aromatic carbocycles. The van der Waals surface area contributed by atoms with Crippen molar-refractivity contribution in [2.75, 3.05) is 13.2 Å². The lowest BCUT2D eigenvalue weighted by Crippen LogP contribution is -2.55.